The Kier molecular flexibility index (Phi) is 3.68. The standard InChI is InChI=1S/C18H17FN6O/c1-18(2,19)9-22-17(26)14-8-24-25-4-3-11(5-15(14)25)12-7-21-16-13(12)6-20-10-23-16/h3-8,10H,9H2,1-2H3,(H,22,26)(H,20,21,23). The van der Waals surface area contributed by atoms with Gasteiger partial charge in [0.2, 0.25) is 0 Å². The Morgan fingerprint density at radius 1 is 1.38 bits per heavy atom. The first kappa shape index (κ1) is 16.2. The summed E-state index contributed by atoms with van der Waals surface area (Å²) in [7, 11) is 0. The van der Waals surface area contributed by atoms with Gasteiger partial charge in [0.15, 0.2) is 0 Å². The van der Waals surface area contributed by atoms with Crippen LogP contribution in [0.3, 0.4) is 0 Å². The van der Waals surface area contributed by atoms with E-state index in [0.717, 1.165) is 22.2 Å². The first-order chi connectivity index (χ1) is 12.4. The van der Waals surface area contributed by atoms with E-state index in [1.165, 1.54) is 26.4 Å². The van der Waals surface area contributed by atoms with E-state index < -0.39 is 5.67 Å². The van der Waals surface area contributed by atoms with Crippen molar-refractivity contribution >= 4 is 22.5 Å². The molecule has 0 bridgehead atoms. The normalized spacial score (nSPS) is 12.0. The van der Waals surface area contributed by atoms with Crippen LogP contribution in [-0.2, 0) is 0 Å². The lowest BCUT2D eigenvalue weighted by atomic mass is 10.1. The third-order valence-electron chi connectivity index (χ3n) is 4.10. The fourth-order valence-electron chi connectivity index (χ4n) is 2.81. The summed E-state index contributed by atoms with van der Waals surface area (Å²) in [5.74, 6) is -0.356. The zero-order chi connectivity index (χ0) is 18.3. The summed E-state index contributed by atoms with van der Waals surface area (Å²) in [6.45, 7) is 2.77. The van der Waals surface area contributed by atoms with E-state index in [2.05, 4.69) is 25.4 Å². The molecule has 0 unspecified atom stereocenters. The molecule has 0 aromatic carbocycles. The third-order valence-corrected chi connectivity index (χ3v) is 4.10. The van der Waals surface area contributed by atoms with Crippen molar-refractivity contribution in [2.45, 2.75) is 19.5 Å². The van der Waals surface area contributed by atoms with Gasteiger partial charge in [-0.1, -0.05) is 0 Å². The second-order valence-corrected chi connectivity index (χ2v) is 6.69. The molecular weight excluding hydrogens is 335 g/mol. The van der Waals surface area contributed by atoms with Gasteiger partial charge in [-0.25, -0.2) is 18.9 Å². The predicted octanol–water partition coefficient (Wildman–Crippen LogP) is 2.75. The average Bonchev–Trinajstić information content (AvgIpc) is 3.22. The molecule has 26 heavy (non-hydrogen) atoms. The van der Waals surface area contributed by atoms with Crippen LogP contribution in [0.4, 0.5) is 4.39 Å². The highest BCUT2D eigenvalue weighted by Crippen LogP contribution is 2.28. The van der Waals surface area contributed by atoms with Crippen LogP contribution in [0.5, 0.6) is 0 Å². The van der Waals surface area contributed by atoms with Crippen molar-refractivity contribution in [2.24, 2.45) is 0 Å². The van der Waals surface area contributed by atoms with E-state index in [4.69, 9.17) is 0 Å². The highest BCUT2D eigenvalue weighted by atomic mass is 19.1. The van der Waals surface area contributed by atoms with Crippen molar-refractivity contribution in [3.8, 4) is 11.1 Å². The number of halogens is 1. The lowest BCUT2D eigenvalue weighted by Gasteiger charge is -2.14. The minimum atomic E-state index is -1.48. The van der Waals surface area contributed by atoms with Gasteiger partial charge in [0.05, 0.1) is 23.8 Å². The molecule has 0 atom stereocenters. The number of hydrogen-bond donors (Lipinski definition) is 2. The van der Waals surface area contributed by atoms with E-state index in [1.807, 2.05) is 18.3 Å². The maximum absolute atomic E-state index is 13.7. The number of nitrogens with one attached hydrogen (secondary N) is 2. The van der Waals surface area contributed by atoms with Gasteiger partial charge in [0, 0.05) is 29.5 Å². The third kappa shape index (κ3) is 2.90. The molecule has 4 aromatic rings. The largest absolute Gasteiger partial charge is 0.349 e. The zero-order valence-corrected chi connectivity index (χ0v) is 14.3. The molecule has 4 aromatic heterocycles. The number of carbonyl (C=O) groups is 1. The number of aromatic nitrogens is 5. The maximum Gasteiger partial charge on any atom is 0.255 e. The van der Waals surface area contributed by atoms with E-state index in [-0.39, 0.29) is 12.5 Å². The van der Waals surface area contributed by atoms with Gasteiger partial charge < -0.3 is 10.3 Å². The summed E-state index contributed by atoms with van der Waals surface area (Å²) in [6.07, 6.45) is 8.34. The highest BCUT2D eigenvalue weighted by Gasteiger charge is 2.19. The Labute approximate surface area is 148 Å². The van der Waals surface area contributed by atoms with E-state index in [1.54, 1.807) is 16.9 Å². The predicted molar refractivity (Wildman–Crippen MR) is 95.6 cm³/mol. The number of nitrogens with zero attached hydrogens (tertiary/aromatic N) is 4. The molecule has 0 saturated heterocycles. The topological polar surface area (TPSA) is 88.0 Å². The minimum absolute atomic E-state index is 0.0668. The number of carbonyl (C=O) groups excluding carboxylic acids is 1. The van der Waals surface area contributed by atoms with Crippen LogP contribution in [0.1, 0.15) is 24.2 Å². The Morgan fingerprint density at radius 2 is 2.23 bits per heavy atom. The van der Waals surface area contributed by atoms with Gasteiger partial charge in [0.1, 0.15) is 17.6 Å². The van der Waals surface area contributed by atoms with Crippen molar-refractivity contribution in [3.05, 3.63) is 48.8 Å². The zero-order valence-electron chi connectivity index (χ0n) is 14.3. The summed E-state index contributed by atoms with van der Waals surface area (Å²) in [5.41, 5.74) is 2.13. The first-order valence-corrected chi connectivity index (χ1v) is 8.14. The van der Waals surface area contributed by atoms with Gasteiger partial charge in [-0.2, -0.15) is 5.10 Å². The molecule has 0 aliphatic heterocycles. The Balaban J connectivity index is 1.74. The van der Waals surface area contributed by atoms with Crippen molar-refractivity contribution in [1.29, 1.82) is 0 Å². The molecule has 0 radical (unpaired) electrons. The van der Waals surface area contributed by atoms with Crippen LogP contribution >= 0.6 is 0 Å². The Hall–Kier alpha value is -3.29. The molecule has 1 amide bonds. The molecule has 0 spiro atoms. The number of fused-ring (bicyclic) bond motifs is 2. The number of hydrogen-bond acceptors (Lipinski definition) is 4. The van der Waals surface area contributed by atoms with Crippen molar-refractivity contribution in [1.82, 2.24) is 29.9 Å². The van der Waals surface area contributed by atoms with Crippen LogP contribution in [-0.4, -0.2) is 42.7 Å². The van der Waals surface area contributed by atoms with Crippen LogP contribution in [0, 0.1) is 0 Å². The van der Waals surface area contributed by atoms with Crippen LogP contribution in [0.25, 0.3) is 27.7 Å². The van der Waals surface area contributed by atoms with E-state index in [0.29, 0.717) is 11.1 Å². The molecule has 0 aliphatic rings. The highest BCUT2D eigenvalue weighted by molar-refractivity contribution is 6.02. The van der Waals surface area contributed by atoms with E-state index >= 15 is 0 Å². The summed E-state index contributed by atoms with van der Waals surface area (Å²) in [5, 5.41) is 7.70. The molecule has 2 N–H and O–H groups in total. The number of alkyl halides is 1. The summed E-state index contributed by atoms with van der Waals surface area (Å²) in [4.78, 5) is 23.8. The number of pyridine rings is 1. The summed E-state index contributed by atoms with van der Waals surface area (Å²) in [6, 6.07) is 3.78. The smallest absolute Gasteiger partial charge is 0.255 e. The number of amides is 1. The van der Waals surface area contributed by atoms with Crippen LogP contribution in [0.2, 0.25) is 0 Å². The average molecular weight is 352 g/mol. The second-order valence-electron chi connectivity index (χ2n) is 6.69. The molecule has 0 fully saturated rings. The second kappa shape index (κ2) is 5.91. The molecule has 7 nitrogen and oxygen atoms in total. The van der Waals surface area contributed by atoms with Gasteiger partial charge in [-0.15, -0.1) is 0 Å². The minimum Gasteiger partial charge on any atom is -0.349 e. The quantitative estimate of drug-likeness (QED) is 0.591. The maximum atomic E-state index is 13.7. The molecule has 8 heteroatoms. The molecular formula is C18H17FN6O. The number of aromatic amines is 1. The molecule has 0 saturated carbocycles. The van der Waals surface area contributed by atoms with Gasteiger partial charge >= 0.3 is 0 Å². The van der Waals surface area contributed by atoms with Crippen LogP contribution in [0.15, 0.2) is 43.2 Å². The number of rotatable bonds is 4. The monoisotopic (exact) mass is 352 g/mol. The molecule has 0 aliphatic carbocycles. The van der Waals surface area contributed by atoms with Crippen molar-refractivity contribution in [3.63, 3.8) is 0 Å². The summed E-state index contributed by atoms with van der Waals surface area (Å²) < 4.78 is 15.3. The van der Waals surface area contributed by atoms with Gasteiger partial charge in [0.25, 0.3) is 5.91 Å². The van der Waals surface area contributed by atoms with Crippen molar-refractivity contribution in [2.75, 3.05) is 6.54 Å². The SMILES string of the molecule is CC(C)(F)CNC(=O)c1cnn2ccc(-c3c[nH]c4ncncc34)cc12. The Morgan fingerprint density at radius 3 is 3.04 bits per heavy atom. The van der Waals surface area contributed by atoms with Crippen molar-refractivity contribution < 1.29 is 9.18 Å². The number of H-pyrrole nitrogens is 1. The molecule has 4 rings (SSSR count). The molecule has 132 valence electrons. The molecule has 4 heterocycles. The van der Waals surface area contributed by atoms with Gasteiger partial charge in [-0.05, 0) is 31.5 Å². The van der Waals surface area contributed by atoms with Crippen LogP contribution < -0.4 is 5.32 Å². The van der Waals surface area contributed by atoms with E-state index in [9.17, 15) is 9.18 Å². The Bertz CT molecular complexity index is 1110. The lowest BCUT2D eigenvalue weighted by molar-refractivity contribution is 0.0922. The first-order valence-electron chi connectivity index (χ1n) is 8.14. The fraction of sp³-hybridized carbons (Fsp3) is 0.222. The lowest BCUT2D eigenvalue weighted by Crippen LogP contribution is -2.35. The fourth-order valence-corrected chi connectivity index (χ4v) is 2.81. The van der Waals surface area contributed by atoms with Gasteiger partial charge in [-0.3, -0.25) is 4.79 Å². The summed E-state index contributed by atoms with van der Waals surface area (Å²) >= 11 is 0.